The Labute approximate surface area is 189 Å². The van der Waals surface area contributed by atoms with Crippen molar-refractivity contribution in [3.8, 4) is 26.9 Å². The van der Waals surface area contributed by atoms with Gasteiger partial charge in [0.05, 0.1) is 17.1 Å². The number of amides is 1. The number of para-hydroxylation sites is 1. The maximum absolute atomic E-state index is 12.3. The highest BCUT2D eigenvalue weighted by atomic mass is 32.1. The van der Waals surface area contributed by atoms with E-state index in [1.165, 1.54) is 22.1 Å². The van der Waals surface area contributed by atoms with Crippen LogP contribution in [0.15, 0.2) is 77.6 Å². The molecule has 0 saturated carbocycles. The second-order valence-electron chi connectivity index (χ2n) is 7.03. The lowest BCUT2D eigenvalue weighted by Crippen LogP contribution is -2.34. The van der Waals surface area contributed by atoms with Gasteiger partial charge >= 0.3 is 0 Å². The van der Waals surface area contributed by atoms with Gasteiger partial charge in [-0.1, -0.05) is 48.5 Å². The normalized spacial score (nSPS) is 10.7. The molecule has 4 aromatic rings. The highest BCUT2D eigenvalue weighted by Gasteiger charge is 2.13. The first kappa shape index (κ1) is 21.5. The van der Waals surface area contributed by atoms with E-state index in [4.69, 9.17) is 4.74 Å². The minimum atomic E-state index is -0.260. The van der Waals surface area contributed by atoms with Gasteiger partial charge in [0.1, 0.15) is 16.5 Å². The molecule has 2 aromatic carbocycles. The van der Waals surface area contributed by atoms with Gasteiger partial charge in [-0.05, 0) is 25.1 Å². The Morgan fingerprint density at radius 3 is 2.50 bits per heavy atom. The Morgan fingerprint density at radius 1 is 1.03 bits per heavy atom. The van der Waals surface area contributed by atoms with Crippen LogP contribution in [0.1, 0.15) is 5.69 Å². The number of rotatable bonds is 8. The lowest BCUT2D eigenvalue weighted by atomic mass is 10.2. The van der Waals surface area contributed by atoms with Gasteiger partial charge in [0.25, 0.3) is 11.5 Å². The van der Waals surface area contributed by atoms with Crippen molar-refractivity contribution in [3.05, 3.63) is 88.8 Å². The standard InChI is InChI=1S/C24H22N4O3S/c1-17-23(32-24(26-17)18-8-4-2-5-9-18)20-12-13-22(30)28(27-20)15-14-25-21(29)16-31-19-10-6-3-7-11-19/h2-13H,14-16H2,1H3,(H,25,29). The van der Waals surface area contributed by atoms with Crippen LogP contribution in [0.3, 0.4) is 0 Å². The molecule has 0 radical (unpaired) electrons. The van der Waals surface area contributed by atoms with Crippen molar-refractivity contribution in [2.45, 2.75) is 13.5 Å². The molecule has 2 aromatic heterocycles. The van der Waals surface area contributed by atoms with Crippen LogP contribution in [-0.2, 0) is 11.3 Å². The summed E-state index contributed by atoms with van der Waals surface area (Å²) in [5.41, 5.74) is 2.35. The summed E-state index contributed by atoms with van der Waals surface area (Å²) >= 11 is 1.54. The lowest BCUT2D eigenvalue weighted by Gasteiger charge is -2.09. The van der Waals surface area contributed by atoms with Crippen LogP contribution in [0.4, 0.5) is 0 Å². The molecular weight excluding hydrogens is 424 g/mol. The monoisotopic (exact) mass is 446 g/mol. The van der Waals surface area contributed by atoms with Gasteiger partial charge in [-0.15, -0.1) is 11.3 Å². The van der Waals surface area contributed by atoms with Crippen LogP contribution >= 0.6 is 11.3 Å². The van der Waals surface area contributed by atoms with Crippen LogP contribution in [0.25, 0.3) is 21.1 Å². The Balaban J connectivity index is 1.39. The number of ether oxygens (including phenoxy) is 1. The fraction of sp³-hybridized carbons (Fsp3) is 0.167. The predicted octanol–water partition coefficient (Wildman–Crippen LogP) is 3.54. The average molecular weight is 447 g/mol. The summed E-state index contributed by atoms with van der Waals surface area (Å²) in [5, 5.41) is 8.15. The van der Waals surface area contributed by atoms with Crippen LogP contribution in [0.5, 0.6) is 5.75 Å². The zero-order valence-corrected chi connectivity index (χ0v) is 18.3. The van der Waals surface area contributed by atoms with Gasteiger partial charge in [0.2, 0.25) is 0 Å². The van der Waals surface area contributed by atoms with E-state index in [1.54, 1.807) is 18.2 Å². The van der Waals surface area contributed by atoms with Crippen molar-refractivity contribution >= 4 is 17.2 Å². The van der Waals surface area contributed by atoms with E-state index >= 15 is 0 Å². The van der Waals surface area contributed by atoms with Gasteiger partial charge in [-0.3, -0.25) is 9.59 Å². The molecular formula is C24H22N4O3S. The molecule has 0 aliphatic heterocycles. The number of thiazole rings is 1. The largest absolute Gasteiger partial charge is 0.484 e. The molecule has 162 valence electrons. The van der Waals surface area contributed by atoms with Gasteiger partial charge in [-0.25, -0.2) is 9.67 Å². The highest BCUT2D eigenvalue weighted by molar-refractivity contribution is 7.18. The number of carbonyl (C=O) groups is 1. The molecule has 0 unspecified atom stereocenters. The third-order valence-corrected chi connectivity index (χ3v) is 5.90. The van der Waals surface area contributed by atoms with Gasteiger partial charge < -0.3 is 10.1 Å². The summed E-state index contributed by atoms with van der Waals surface area (Å²) in [4.78, 5) is 29.8. The first-order chi connectivity index (χ1) is 15.6. The molecule has 32 heavy (non-hydrogen) atoms. The maximum Gasteiger partial charge on any atom is 0.266 e. The quantitative estimate of drug-likeness (QED) is 0.447. The van der Waals surface area contributed by atoms with Gasteiger partial charge in [-0.2, -0.15) is 5.10 Å². The molecule has 7 nitrogen and oxygen atoms in total. The minimum absolute atomic E-state index is 0.0886. The molecule has 0 atom stereocenters. The molecule has 1 amide bonds. The average Bonchev–Trinajstić information content (AvgIpc) is 3.22. The van der Waals surface area contributed by atoms with Crippen molar-refractivity contribution in [2.75, 3.05) is 13.2 Å². The van der Waals surface area contributed by atoms with E-state index in [1.807, 2.05) is 55.5 Å². The molecule has 0 spiro atoms. The van der Waals surface area contributed by atoms with Crippen molar-refractivity contribution in [3.63, 3.8) is 0 Å². The van der Waals surface area contributed by atoms with Gasteiger partial charge in [0, 0.05) is 18.2 Å². The SMILES string of the molecule is Cc1nc(-c2ccccc2)sc1-c1ccc(=O)n(CCNC(=O)COc2ccccc2)n1. The minimum Gasteiger partial charge on any atom is -0.484 e. The van der Waals surface area contributed by atoms with Crippen molar-refractivity contribution < 1.29 is 9.53 Å². The number of hydrogen-bond donors (Lipinski definition) is 1. The summed E-state index contributed by atoms with van der Waals surface area (Å²) in [6.07, 6.45) is 0. The highest BCUT2D eigenvalue weighted by Crippen LogP contribution is 2.33. The molecule has 4 rings (SSSR count). The Hall–Kier alpha value is -3.78. The van der Waals surface area contributed by atoms with Gasteiger partial charge in [0.15, 0.2) is 6.61 Å². The third-order valence-electron chi connectivity index (χ3n) is 4.68. The summed E-state index contributed by atoms with van der Waals surface area (Å²) in [5.74, 6) is 0.367. The number of nitrogens with zero attached hydrogens (tertiary/aromatic N) is 3. The van der Waals surface area contributed by atoms with Crippen LogP contribution in [0.2, 0.25) is 0 Å². The Kier molecular flexibility index (Phi) is 6.72. The third kappa shape index (κ3) is 5.28. The van der Waals surface area contributed by atoms with E-state index in [-0.39, 0.29) is 31.2 Å². The van der Waals surface area contributed by atoms with Crippen LogP contribution < -0.4 is 15.6 Å². The number of aromatic nitrogens is 3. The number of benzene rings is 2. The number of carbonyl (C=O) groups excluding carboxylic acids is 1. The van der Waals surface area contributed by atoms with Crippen LogP contribution in [0, 0.1) is 6.92 Å². The molecule has 0 aliphatic carbocycles. The van der Waals surface area contributed by atoms with Crippen molar-refractivity contribution in [1.29, 1.82) is 0 Å². The molecule has 8 heteroatoms. The van der Waals surface area contributed by atoms with Crippen molar-refractivity contribution in [2.24, 2.45) is 0 Å². The summed E-state index contributed by atoms with van der Waals surface area (Å²) in [6, 6.07) is 22.3. The van der Waals surface area contributed by atoms with E-state index in [0.717, 1.165) is 21.1 Å². The Morgan fingerprint density at radius 2 is 1.75 bits per heavy atom. The summed E-state index contributed by atoms with van der Waals surface area (Å²) in [6.45, 7) is 2.37. The first-order valence-corrected chi connectivity index (χ1v) is 11.0. The van der Waals surface area contributed by atoms with E-state index < -0.39 is 0 Å². The molecule has 1 N–H and O–H groups in total. The number of aryl methyl sites for hydroxylation is 1. The van der Waals surface area contributed by atoms with Crippen molar-refractivity contribution in [1.82, 2.24) is 20.1 Å². The number of nitrogens with one attached hydrogen (secondary N) is 1. The molecule has 0 saturated heterocycles. The van der Waals surface area contributed by atoms with E-state index in [0.29, 0.717) is 11.4 Å². The Bertz CT molecular complexity index is 1250. The zero-order chi connectivity index (χ0) is 22.3. The second-order valence-corrected chi connectivity index (χ2v) is 8.03. The molecule has 2 heterocycles. The molecule has 0 bridgehead atoms. The second kappa shape index (κ2) is 10.0. The summed E-state index contributed by atoms with van der Waals surface area (Å²) in [7, 11) is 0. The summed E-state index contributed by atoms with van der Waals surface area (Å²) < 4.78 is 6.78. The molecule has 0 fully saturated rings. The number of hydrogen-bond acceptors (Lipinski definition) is 6. The fourth-order valence-electron chi connectivity index (χ4n) is 3.09. The maximum atomic E-state index is 12.3. The van der Waals surface area contributed by atoms with E-state index in [2.05, 4.69) is 15.4 Å². The topological polar surface area (TPSA) is 86.1 Å². The lowest BCUT2D eigenvalue weighted by molar-refractivity contribution is -0.123. The fourth-order valence-corrected chi connectivity index (χ4v) is 4.12. The van der Waals surface area contributed by atoms with E-state index in [9.17, 15) is 9.59 Å². The van der Waals surface area contributed by atoms with Crippen LogP contribution in [-0.4, -0.2) is 33.8 Å². The zero-order valence-electron chi connectivity index (χ0n) is 17.5. The predicted molar refractivity (Wildman–Crippen MR) is 125 cm³/mol. The first-order valence-electron chi connectivity index (χ1n) is 10.2. The smallest absolute Gasteiger partial charge is 0.266 e. The molecule has 0 aliphatic rings.